The molecule has 1 aromatic carbocycles. The second kappa shape index (κ2) is 6.43. The largest absolute Gasteiger partial charge is 0.481 e. The van der Waals surface area contributed by atoms with E-state index in [1.165, 1.54) is 12.1 Å². The number of carbonyl (C=O) groups is 2. The Bertz CT molecular complexity index is 556. The van der Waals surface area contributed by atoms with Gasteiger partial charge < -0.3 is 10.4 Å². The standard InChI is InChI=1S/C15H17ClFNO3/c16-10-4-5-12(11(17)8-10)18-13(19)9-15(14(20)21)6-2-1-3-7-15/h4-5,8H,1-3,6-7,9H2,(H,18,19)(H,20,21). The van der Waals surface area contributed by atoms with Crippen LogP contribution in [0.2, 0.25) is 5.02 Å². The summed E-state index contributed by atoms with van der Waals surface area (Å²) in [6, 6.07) is 3.93. The van der Waals surface area contributed by atoms with E-state index in [0.717, 1.165) is 25.3 Å². The smallest absolute Gasteiger partial charge is 0.310 e. The summed E-state index contributed by atoms with van der Waals surface area (Å²) in [4.78, 5) is 23.6. The maximum Gasteiger partial charge on any atom is 0.310 e. The minimum atomic E-state index is -1.02. The Labute approximate surface area is 127 Å². The Kier molecular flexibility index (Phi) is 4.83. The predicted octanol–water partition coefficient (Wildman–Crippen LogP) is 3.84. The van der Waals surface area contributed by atoms with Crippen LogP contribution in [0.1, 0.15) is 38.5 Å². The molecule has 0 atom stereocenters. The number of amides is 1. The van der Waals surface area contributed by atoms with Crippen molar-refractivity contribution in [3.63, 3.8) is 0 Å². The second-order valence-corrected chi connectivity index (χ2v) is 5.93. The molecule has 0 saturated heterocycles. The first-order valence-electron chi connectivity index (χ1n) is 6.91. The minimum Gasteiger partial charge on any atom is -0.481 e. The normalized spacial score (nSPS) is 17.2. The monoisotopic (exact) mass is 313 g/mol. The van der Waals surface area contributed by atoms with Crippen molar-refractivity contribution in [1.29, 1.82) is 0 Å². The van der Waals surface area contributed by atoms with Crippen molar-refractivity contribution >= 4 is 29.2 Å². The van der Waals surface area contributed by atoms with Crippen molar-refractivity contribution in [2.45, 2.75) is 38.5 Å². The molecule has 2 N–H and O–H groups in total. The van der Waals surface area contributed by atoms with Crippen LogP contribution in [0, 0.1) is 11.2 Å². The van der Waals surface area contributed by atoms with Gasteiger partial charge in [0.25, 0.3) is 0 Å². The average molecular weight is 314 g/mol. The molecule has 0 spiro atoms. The van der Waals surface area contributed by atoms with Crippen molar-refractivity contribution in [3.05, 3.63) is 29.0 Å². The lowest BCUT2D eigenvalue weighted by atomic mass is 9.71. The van der Waals surface area contributed by atoms with Gasteiger partial charge in [0, 0.05) is 11.4 Å². The van der Waals surface area contributed by atoms with Gasteiger partial charge in [0.2, 0.25) is 5.91 Å². The SMILES string of the molecule is O=C(CC1(C(=O)O)CCCCC1)Nc1ccc(Cl)cc1F. The minimum absolute atomic E-state index is 0.0146. The number of halogens is 2. The summed E-state index contributed by atoms with van der Waals surface area (Å²) in [5.74, 6) is -2.07. The lowest BCUT2D eigenvalue weighted by Crippen LogP contribution is -2.37. The predicted molar refractivity (Wildman–Crippen MR) is 77.8 cm³/mol. The van der Waals surface area contributed by atoms with Crippen LogP contribution >= 0.6 is 11.6 Å². The lowest BCUT2D eigenvalue weighted by molar-refractivity contribution is -0.153. The fourth-order valence-corrected chi connectivity index (χ4v) is 2.95. The number of benzene rings is 1. The molecule has 0 heterocycles. The molecule has 0 bridgehead atoms. The Morgan fingerprint density at radius 2 is 1.95 bits per heavy atom. The summed E-state index contributed by atoms with van der Waals surface area (Å²) < 4.78 is 13.6. The molecule has 1 aromatic rings. The van der Waals surface area contributed by atoms with Gasteiger partial charge in [-0.2, -0.15) is 0 Å². The van der Waals surface area contributed by atoms with Gasteiger partial charge in [-0.25, -0.2) is 4.39 Å². The summed E-state index contributed by atoms with van der Waals surface area (Å²) in [6.45, 7) is 0. The number of carbonyl (C=O) groups excluding carboxylic acids is 1. The highest BCUT2D eigenvalue weighted by atomic mass is 35.5. The molecular formula is C15H17ClFNO3. The van der Waals surface area contributed by atoms with Crippen LogP contribution in [0.5, 0.6) is 0 Å². The molecule has 4 nitrogen and oxygen atoms in total. The van der Waals surface area contributed by atoms with Crippen LogP contribution in [-0.2, 0) is 9.59 Å². The molecule has 1 aliphatic rings. The van der Waals surface area contributed by atoms with Crippen molar-refractivity contribution in [2.75, 3.05) is 5.32 Å². The molecule has 1 saturated carbocycles. The van der Waals surface area contributed by atoms with Crippen LogP contribution < -0.4 is 5.32 Å². The van der Waals surface area contributed by atoms with Gasteiger partial charge in [-0.3, -0.25) is 9.59 Å². The molecule has 0 radical (unpaired) electrons. The summed E-state index contributed by atoms with van der Waals surface area (Å²) in [7, 11) is 0. The molecule has 0 aromatic heterocycles. The maximum atomic E-state index is 13.6. The van der Waals surface area contributed by atoms with E-state index in [9.17, 15) is 19.1 Å². The van der Waals surface area contributed by atoms with Crippen molar-refractivity contribution < 1.29 is 19.1 Å². The van der Waals surface area contributed by atoms with E-state index in [4.69, 9.17) is 11.6 Å². The van der Waals surface area contributed by atoms with E-state index >= 15 is 0 Å². The summed E-state index contributed by atoms with van der Waals surface area (Å²) in [5.41, 5.74) is -1.01. The molecule has 1 aliphatic carbocycles. The molecule has 1 amide bonds. The molecule has 0 unspecified atom stereocenters. The highest BCUT2D eigenvalue weighted by Gasteiger charge is 2.41. The van der Waals surface area contributed by atoms with Gasteiger partial charge in [-0.05, 0) is 31.0 Å². The van der Waals surface area contributed by atoms with Gasteiger partial charge in [0.05, 0.1) is 11.1 Å². The highest BCUT2D eigenvalue weighted by molar-refractivity contribution is 6.30. The van der Waals surface area contributed by atoms with E-state index in [1.54, 1.807) is 0 Å². The summed E-state index contributed by atoms with van der Waals surface area (Å²) in [5, 5.41) is 12.1. The van der Waals surface area contributed by atoms with Crippen LogP contribution in [-0.4, -0.2) is 17.0 Å². The third-order valence-electron chi connectivity index (χ3n) is 3.97. The van der Waals surface area contributed by atoms with Gasteiger partial charge in [0.15, 0.2) is 0 Å². The quantitative estimate of drug-likeness (QED) is 0.887. The number of anilines is 1. The number of carboxylic acid groups (broad SMARTS) is 1. The van der Waals surface area contributed by atoms with Crippen LogP contribution in [0.15, 0.2) is 18.2 Å². The third-order valence-corrected chi connectivity index (χ3v) is 4.20. The van der Waals surface area contributed by atoms with Crippen LogP contribution in [0.25, 0.3) is 0 Å². The first-order chi connectivity index (χ1) is 9.93. The van der Waals surface area contributed by atoms with Crippen molar-refractivity contribution in [1.82, 2.24) is 0 Å². The zero-order valence-corrected chi connectivity index (χ0v) is 12.3. The second-order valence-electron chi connectivity index (χ2n) is 5.50. The number of hydrogen-bond acceptors (Lipinski definition) is 2. The van der Waals surface area contributed by atoms with E-state index in [0.29, 0.717) is 12.8 Å². The van der Waals surface area contributed by atoms with E-state index in [-0.39, 0.29) is 17.1 Å². The summed E-state index contributed by atoms with van der Waals surface area (Å²) in [6.07, 6.45) is 3.42. The number of rotatable bonds is 4. The van der Waals surface area contributed by atoms with E-state index in [1.807, 2.05) is 0 Å². The lowest BCUT2D eigenvalue weighted by Gasteiger charge is -2.32. The van der Waals surface area contributed by atoms with Gasteiger partial charge in [0.1, 0.15) is 5.82 Å². The van der Waals surface area contributed by atoms with Crippen LogP contribution in [0.4, 0.5) is 10.1 Å². The van der Waals surface area contributed by atoms with Gasteiger partial charge in [-0.15, -0.1) is 0 Å². The Morgan fingerprint density at radius 1 is 1.29 bits per heavy atom. The third kappa shape index (κ3) is 3.73. The number of aliphatic carboxylic acids is 1. The van der Waals surface area contributed by atoms with Crippen LogP contribution in [0.3, 0.4) is 0 Å². The molecule has 1 fully saturated rings. The highest BCUT2D eigenvalue weighted by Crippen LogP contribution is 2.39. The van der Waals surface area contributed by atoms with Crippen molar-refractivity contribution in [2.24, 2.45) is 5.41 Å². The maximum absolute atomic E-state index is 13.6. The topological polar surface area (TPSA) is 66.4 Å². The Balaban J connectivity index is 2.07. The molecule has 0 aliphatic heterocycles. The fourth-order valence-electron chi connectivity index (χ4n) is 2.79. The number of carboxylic acids is 1. The average Bonchev–Trinajstić information content (AvgIpc) is 2.43. The van der Waals surface area contributed by atoms with Gasteiger partial charge in [-0.1, -0.05) is 30.9 Å². The summed E-state index contributed by atoms with van der Waals surface area (Å²) >= 11 is 5.64. The number of hydrogen-bond donors (Lipinski definition) is 2. The van der Waals surface area contributed by atoms with Crippen molar-refractivity contribution in [3.8, 4) is 0 Å². The van der Waals surface area contributed by atoms with Gasteiger partial charge >= 0.3 is 5.97 Å². The first-order valence-corrected chi connectivity index (χ1v) is 7.29. The van der Waals surface area contributed by atoms with E-state index < -0.39 is 23.1 Å². The Morgan fingerprint density at radius 3 is 2.52 bits per heavy atom. The van der Waals surface area contributed by atoms with E-state index in [2.05, 4.69) is 5.32 Å². The molecular weight excluding hydrogens is 297 g/mol. The fraction of sp³-hybridized carbons (Fsp3) is 0.467. The molecule has 2 rings (SSSR count). The zero-order valence-electron chi connectivity index (χ0n) is 11.5. The zero-order chi connectivity index (χ0) is 15.5. The molecule has 114 valence electrons. The first kappa shape index (κ1) is 15.8. The molecule has 21 heavy (non-hydrogen) atoms. The molecule has 6 heteroatoms. The Hall–Kier alpha value is -1.62. The number of nitrogens with one attached hydrogen (secondary N) is 1.